The molecule has 0 fully saturated rings. The van der Waals surface area contributed by atoms with Crippen molar-refractivity contribution in [3.8, 4) is 0 Å². The van der Waals surface area contributed by atoms with Gasteiger partial charge in [-0.3, -0.25) is 0 Å². The van der Waals surface area contributed by atoms with E-state index in [9.17, 15) is 0 Å². The van der Waals surface area contributed by atoms with Crippen LogP contribution in [-0.4, -0.2) is 0 Å². The lowest BCUT2D eigenvalue weighted by molar-refractivity contribution is 0.941. The third kappa shape index (κ3) is 2.31. The maximum Gasteiger partial charge on any atom is 0.0493 e. The van der Waals surface area contributed by atoms with E-state index >= 15 is 0 Å². The first kappa shape index (κ1) is 14.3. The minimum atomic E-state index is 1.10. The lowest BCUT2D eigenvalue weighted by Gasteiger charge is -2.30. The topological polar surface area (TPSA) is 3.24 Å². The molecule has 1 heteroatoms. The molecule has 1 nitrogen and oxygen atoms in total. The maximum atomic E-state index is 4.39. The molecule has 1 heterocycles. The van der Waals surface area contributed by atoms with Gasteiger partial charge in [0.25, 0.3) is 0 Å². The normalized spacial score (nSPS) is 17.1. The molecule has 0 saturated heterocycles. The Hall–Kier alpha value is -2.28. The molecule has 116 valence electrons. The van der Waals surface area contributed by atoms with E-state index < -0.39 is 0 Å². The van der Waals surface area contributed by atoms with Gasteiger partial charge in [-0.05, 0) is 66.5 Å². The number of anilines is 2. The molecule has 1 aliphatic carbocycles. The number of para-hydroxylation sites is 2. The van der Waals surface area contributed by atoms with Crippen LogP contribution in [0.1, 0.15) is 37.3 Å². The van der Waals surface area contributed by atoms with Crippen molar-refractivity contribution in [2.24, 2.45) is 0 Å². The summed E-state index contributed by atoms with van der Waals surface area (Å²) in [4.78, 5) is 2.49. The van der Waals surface area contributed by atoms with Gasteiger partial charge in [0.05, 0.1) is 0 Å². The van der Waals surface area contributed by atoms with Crippen molar-refractivity contribution >= 4 is 11.4 Å². The number of benzene rings is 2. The molecule has 0 unspecified atom stereocenters. The van der Waals surface area contributed by atoms with E-state index in [0.29, 0.717) is 0 Å². The fourth-order valence-electron chi connectivity index (χ4n) is 3.97. The quantitative estimate of drug-likeness (QED) is 0.663. The molecular weight excluding hydrogens is 278 g/mol. The van der Waals surface area contributed by atoms with Crippen molar-refractivity contribution in [3.63, 3.8) is 0 Å². The highest BCUT2D eigenvalue weighted by Crippen LogP contribution is 2.45. The zero-order valence-corrected chi connectivity index (χ0v) is 13.8. The Morgan fingerprint density at radius 3 is 1.96 bits per heavy atom. The van der Waals surface area contributed by atoms with Crippen LogP contribution < -0.4 is 4.90 Å². The second-order valence-corrected chi connectivity index (χ2v) is 6.50. The summed E-state index contributed by atoms with van der Waals surface area (Å²) in [6, 6.07) is 17.7. The average Bonchev–Trinajstić information content (AvgIpc) is 2.87. The molecule has 2 aliphatic rings. The zero-order chi connectivity index (χ0) is 15.8. The van der Waals surface area contributed by atoms with Gasteiger partial charge in [-0.15, -0.1) is 0 Å². The van der Waals surface area contributed by atoms with Gasteiger partial charge in [0.15, 0.2) is 0 Å². The summed E-state index contributed by atoms with van der Waals surface area (Å²) in [5.41, 5.74) is 9.74. The summed E-state index contributed by atoms with van der Waals surface area (Å²) in [7, 11) is 0. The number of allylic oxidation sites excluding steroid dienone is 2. The molecule has 0 atom stereocenters. The summed E-state index contributed by atoms with van der Waals surface area (Å²) < 4.78 is 0. The highest BCUT2D eigenvalue weighted by atomic mass is 15.2. The van der Waals surface area contributed by atoms with Crippen LogP contribution in [0, 0.1) is 0 Å². The fourth-order valence-corrected chi connectivity index (χ4v) is 3.97. The van der Waals surface area contributed by atoms with Crippen LogP contribution in [0.5, 0.6) is 0 Å². The van der Waals surface area contributed by atoms with Crippen molar-refractivity contribution in [3.05, 3.63) is 83.1 Å². The maximum absolute atomic E-state index is 4.39. The molecule has 2 aromatic carbocycles. The van der Waals surface area contributed by atoms with Crippen LogP contribution in [0.25, 0.3) is 0 Å². The molecular formula is C22H23N. The molecule has 0 spiro atoms. The number of fused-ring (bicyclic) bond motifs is 2. The van der Waals surface area contributed by atoms with Crippen molar-refractivity contribution in [2.45, 2.75) is 39.0 Å². The molecule has 23 heavy (non-hydrogen) atoms. The molecule has 0 aromatic heterocycles. The highest BCUT2D eigenvalue weighted by molar-refractivity contribution is 5.78. The first-order valence-corrected chi connectivity index (χ1v) is 8.65. The standard InChI is InChI=1S/C22H23N/c1-3-17-13-12-16(2)22(17)23-20-10-6-4-8-18(20)14-15-19-9-5-7-11-21(19)23/h4-11H,2-3,12-15H2,1H3. The van der Waals surface area contributed by atoms with Crippen LogP contribution in [0.15, 0.2) is 72.0 Å². The van der Waals surface area contributed by atoms with E-state index in [1.165, 1.54) is 33.8 Å². The third-order valence-corrected chi connectivity index (χ3v) is 5.18. The van der Waals surface area contributed by atoms with Crippen molar-refractivity contribution in [2.75, 3.05) is 4.90 Å². The molecule has 0 saturated carbocycles. The highest BCUT2D eigenvalue weighted by Gasteiger charge is 2.28. The van der Waals surface area contributed by atoms with Gasteiger partial charge in [0.1, 0.15) is 0 Å². The summed E-state index contributed by atoms with van der Waals surface area (Å²) in [5.74, 6) is 0. The van der Waals surface area contributed by atoms with E-state index in [-0.39, 0.29) is 0 Å². The van der Waals surface area contributed by atoms with E-state index in [0.717, 1.165) is 32.1 Å². The third-order valence-electron chi connectivity index (χ3n) is 5.18. The van der Waals surface area contributed by atoms with Gasteiger partial charge in [-0.1, -0.05) is 49.9 Å². The summed E-state index contributed by atoms with van der Waals surface area (Å²) in [5, 5.41) is 0. The number of nitrogens with zero attached hydrogens (tertiary/aromatic N) is 1. The molecule has 0 amide bonds. The molecule has 0 N–H and O–H groups in total. The number of aryl methyl sites for hydroxylation is 2. The smallest absolute Gasteiger partial charge is 0.0493 e. The van der Waals surface area contributed by atoms with E-state index in [4.69, 9.17) is 0 Å². The minimum absolute atomic E-state index is 1.10. The number of hydrogen-bond acceptors (Lipinski definition) is 1. The Bertz CT molecular complexity index is 750. The zero-order valence-electron chi connectivity index (χ0n) is 13.8. The number of hydrogen-bond donors (Lipinski definition) is 0. The summed E-state index contributed by atoms with van der Waals surface area (Å²) in [6.07, 6.45) is 5.57. The Kier molecular flexibility index (Phi) is 3.57. The number of rotatable bonds is 2. The van der Waals surface area contributed by atoms with E-state index in [1.807, 2.05) is 0 Å². The molecule has 2 aromatic rings. The van der Waals surface area contributed by atoms with Gasteiger partial charge in [0.2, 0.25) is 0 Å². The fraction of sp³-hybridized carbons (Fsp3) is 0.273. The van der Waals surface area contributed by atoms with Gasteiger partial charge in [0, 0.05) is 17.1 Å². The molecule has 0 bridgehead atoms. The SMILES string of the molecule is C=C1CCC(CC)=C1N1c2ccccc2CCc2ccccc21. The van der Waals surface area contributed by atoms with Crippen molar-refractivity contribution < 1.29 is 0 Å². The second-order valence-electron chi connectivity index (χ2n) is 6.50. The summed E-state index contributed by atoms with van der Waals surface area (Å²) >= 11 is 0. The molecule has 4 rings (SSSR count). The Labute approximate surface area is 139 Å². The largest absolute Gasteiger partial charge is 0.310 e. The van der Waals surface area contributed by atoms with Gasteiger partial charge in [-0.25, -0.2) is 0 Å². The van der Waals surface area contributed by atoms with Crippen LogP contribution in [0.3, 0.4) is 0 Å². The lowest BCUT2D eigenvalue weighted by Crippen LogP contribution is -2.18. The van der Waals surface area contributed by atoms with Crippen LogP contribution in [0.4, 0.5) is 11.4 Å². The predicted molar refractivity (Wildman–Crippen MR) is 98.1 cm³/mol. The van der Waals surface area contributed by atoms with E-state index in [2.05, 4.69) is 66.9 Å². The van der Waals surface area contributed by atoms with Crippen molar-refractivity contribution in [1.29, 1.82) is 0 Å². The Balaban J connectivity index is 1.99. The van der Waals surface area contributed by atoms with Gasteiger partial charge >= 0.3 is 0 Å². The summed E-state index contributed by atoms with van der Waals surface area (Å²) in [6.45, 7) is 6.65. The first-order valence-electron chi connectivity index (χ1n) is 8.65. The average molecular weight is 301 g/mol. The van der Waals surface area contributed by atoms with Gasteiger partial charge < -0.3 is 4.90 Å². The van der Waals surface area contributed by atoms with Crippen LogP contribution >= 0.6 is 0 Å². The first-order chi connectivity index (χ1) is 11.3. The van der Waals surface area contributed by atoms with Crippen LogP contribution in [0.2, 0.25) is 0 Å². The second kappa shape index (κ2) is 5.73. The molecule has 0 radical (unpaired) electrons. The minimum Gasteiger partial charge on any atom is -0.310 e. The van der Waals surface area contributed by atoms with Crippen molar-refractivity contribution in [1.82, 2.24) is 0 Å². The Morgan fingerprint density at radius 2 is 1.39 bits per heavy atom. The Morgan fingerprint density at radius 1 is 0.826 bits per heavy atom. The monoisotopic (exact) mass is 301 g/mol. The van der Waals surface area contributed by atoms with Gasteiger partial charge in [-0.2, -0.15) is 0 Å². The molecule has 1 aliphatic heterocycles. The van der Waals surface area contributed by atoms with Crippen LogP contribution in [-0.2, 0) is 12.8 Å². The van der Waals surface area contributed by atoms with E-state index in [1.54, 1.807) is 5.57 Å². The lowest BCUT2D eigenvalue weighted by atomic mass is 10.0. The predicted octanol–water partition coefficient (Wildman–Crippen LogP) is 5.94.